The first kappa shape index (κ1) is 16.5. The van der Waals surface area contributed by atoms with Crippen LogP contribution in [-0.4, -0.2) is 43.6 Å². The summed E-state index contributed by atoms with van der Waals surface area (Å²) in [6.45, 7) is 2.66. The predicted molar refractivity (Wildman–Crippen MR) is 93.8 cm³/mol. The van der Waals surface area contributed by atoms with E-state index in [0.717, 1.165) is 43.7 Å². The van der Waals surface area contributed by atoms with E-state index >= 15 is 0 Å². The van der Waals surface area contributed by atoms with E-state index in [-0.39, 0.29) is 5.56 Å². The molecular formula is C18H21ClN4O2. The Labute approximate surface area is 151 Å². The summed E-state index contributed by atoms with van der Waals surface area (Å²) in [4.78, 5) is 13.5. The minimum absolute atomic E-state index is 0.151. The van der Waals surface area contributed by atoms with Gasteiger partial charge in [-0.3, -0.25) is 9.58 Å². The summed E-state index contributed by atoms with van der Waals surface area (Å²) >= 11 is 6.09. The van der Waals surface area contributed by atoms with Gasteiger partial charge in [0.1, 0.15) is 0 Å². The molecule has 2 aromatic rings. The number of halogens is 1. The SMILES string of the molecule is O=C(O)c1ccc(CN2CCC[C@H]2Cn2cc(C3CC3)nn2)cc1Cl. The summed E-state index contributed by atoms with van der Waals surface area (Å²) in [5.41, 5.74) is 2.32. The van der Waals surface area contributed by atoms with Gasteiger partial charge in [0.25, 0.3) is 0 Å². The fourth-order valence-electron chi connectivity index (χ4n) is 3.56. The number of carbonyl (C=O) groups is 1. The predicted octanol–water partition coefficient (Wildman–Crippen LogP) is 3.17. The number of carboxylic acids is 1. The molecule has 0 bridgehead atoms. The summed E-state index contributed by atoms with van der Waals surface area (Å²) < 4.78 is 1.97. The van der Waals surface area contributed by atoms with Crippen LogP contribution in [0, 0.1) is 0 Å². The van der Waals surface area contributed by atoms with E-state index in [2.05, 4.69) is 21.4 Å². The van der Waals surface area contributed by atoms with Crippen LogP contribution < -0.4 is 0 Å². The Morgan fingerprint density at radius 2 is 2.16 bits per heavy atom. The molecular weight excluding hydrogens is 340 g/mol. The van der Waals surface area contributed by atoms with Gasteiger partial charge in [0, 0.05) is 24.7 Å². The lowest BCUT2D eigenvalue weighted by Gasteiger charge is -2.24. The molecule has 1 aliphatic heterocycles. The number of likely N-dealkylation sites (tertiary alicyclic amines) is 1. The van der Waals surface area contributed by atoms with Gasteiger partial charge in [0.05, 0.1) is 22.8 Å². The monoisotopic (exact) mass is 360 g/mol. The lowest BCUT2D eigenvalue weighted by Crippen LogP contribution is -2.32. The van der Waals surface area contributed by atoms with Crippen molar-refractivity contribution >= 4 is 17.6 Å². The third kappa shape index (κ3) is 3.70. The van der Waals surface area contributed by atoms with Gasteiger partial charge < -0.3 is 5.11 Å². The molecule has 1 aliphatic carbocycles. The maximum atomic E-state index is 11.1. The van der Waals surface area contributed by atoms with Gasteiger partial charge in [0.2, 0.25) is 0 Å². The molecule has 1 atom stereocenters. The number of aromatic carboxylic acids is 1. The van der Waals surface area contributed by atoms with E-state index in [4.69, 9.17) is 16.7 Å². The van der Waals surface area contributed by atoms with Crippen LogP contribution in [0.1, 0.15) is 53.2 Å². The minimum Gasteiger partial charge on any atom is -0.478 e. The molecule has 1 N–H and O–H groups in total. The molecule has 1 saturated carbocycles. The molecule has 0 radical (unpaired) electrons. The van der Waals surface area contributed by atoms with Crippen molar-refractivity contribution in [2.45, 2.75) is 50.7 Å². The zero-order valence-electron chi connectivity index (χ0n) is 13.9. The Morgan fingerprint density at radius 1 is 1.32 bits per heavy atom. The molecule has 2 fully saturated rings. The van der Waals surface area contributed by atoms with Crippen molar-refractivity contribution < 1.29 is 9.90 Å². The quantitative estimate of drug-likeness (QED) is 0.856. The smallest absolute Gasteiger partial charge is 0.337 e. The number of benzene rings is 1. The number of hydrogen-bond donors (Lipinski definition) is 1. The first-order valence-electron chi connectivity index (χ1n) is 8.76. The zero-order chi connectivity index (χ0) is 17.4. The summed E-state index contributed by atoms with van der Waals surface area (Å²) in [6.07, 6.45) is 6.87. The minimum atomic E-state index is -0.992. The second kappa shape index (κ2) is 6.77. The van der Waals surface area contributed by atoms with Crippen LogP contribution in [0.4, 0.5) is 0 Å². The number of carboxylic acid groups (broad SMARTS) is 1. The average Bonchev–Trinajstić information content (AvgIpc) is 3.17. The normalized spacial score (nSPS) is 20.9. The van der Waals surface area contributed by atoms with E-state index < -0.39 is 5.97 Å². The fraction of sp³-hybridized carbons (Fsp3) is 0.500. The van der Waals surface area contributed by atoms with Gasteiger partial charge in [-0.05, 0) is 49.9 Å². The lowest BCUT2D eigenvalue weighted by molar-refractivity contribution is 0.0697. The molecule has 0 amide bonds. The Morgan fingerprint density at radius 3 is 2.88 bits per heavy atom. The van der Waals surface area contributed by atoms with E-state index in [1.165, 1.54) is 12.8 Å². The van der Waals surface area contributed by atoms with Crippen molar-refractivity contribution in [3.8, 4) is 0 Å². The van der Waals surface area contributed by atoms with Crippen LogP contribution in [-0.2, 0) is 13.1 Å². The highest BCUT2D eigenvalue weighted by atomic mass is 35.5. The number of aromatic nitrogens is 3. The third-order valence-electron chi connectivity index (χ3n) is 5.10. The molecule has 2 aliphatic rings. The molecule has 1 saturated heterocycles. The molecule has 132 valence electrons. The van der Waals surface area contributed by atoms with Crippen molar-refractivity contribution in [2.24, 2.45) is 0 Å². The number of rotatable bonds is 6. The van der Waals surface area contributed by atoms with Gasteiger partial charge in [-0.2, -0.15) is 0 Å². The van der Waals surface area contributed by atoms with Crippen molar-refractivity contribution in [2.75, 3.05) is 6.54 Å². The molecule has 25 heavy (non-hydrogen) atoms. The van der Waals surface area contributed by atoms with Crippen LogP contribution in [0.25, 0.3) is 0 Å². The molecule has 1 aromatic carbocycles. The third-order valence-corrected chi connectivity index (χ3v) is 5.41. The van der Waals surface area contributed by atoms with Crippen LogP contribution in [0.15, 0.2) is 24.4 Å². The maximum Gasteiger partial charge on any atom is 0.337 e. The number of nitrogens with zero attached hydrogens (tertiary/aromatic N) is 4. The van der Waals surface area contributed by atoms with Crippen molar-refractivity contribution in [3.05, 3.63) is 46.2 Å². The van der Waals surface area contributed by atoms with Crippen molar-refractivity contribution in [1.82, 2.24) is 19.9 Å². The number of hydrogen-bond acceptors (Lipinski definition) is 4. The molecule has 4 rings (SSSR count). The second-order valence-electron chi connectivity index (χ2n) is 7.03. The van der Waals surface area contributed by atoms with Crippen molar-refractivity contribution in [1.29, 1.82) is 0 Å². The van der Waals surface area contributed by atoms with Crippen LogP contribution in [0.3, 0.4) is 0 Å². The second-order valence-corrected chi connectivity index (χ2v) is 7.43. The van der Waals surface area contributed by atoms with Crippen LogP contribution >= 0.6 is 11.6 Å². The molecule has 0 spiro atoms. The zero-order valence-corrected chi connectivity index (χ0v) is 14.7. The molecule has 2 heterocycles. The average molecular weight is 361 g/mol. The van der Waals surface area contributed by atoms with E-state index in [1.54, 1.807) is 12.1 Å². The Balaban J connectivity index is 1.42. The summed E-state index contributed by atoms with van der Waals surface area (Å²) in [6, 6.07) is 5.63. The molecule has 7 heteroatoms. The highest BCUT2D eigenvalue weighted by molar-refractivity contribution is 6.33. The van der Waals surface area contributed by atoms with Gasteiger partial charge in [-0.1, -0.05) is 22.9 Å². The molecule has 0 unspecified atom stereocenters. The Hall–Kier alpha value is -1.92. The summed E-state index contributed by atoms with van der Waals surface area (Å²) in [5.74, 6) is -0.364. The van der Waals surface area contributed by atoms with E-state index in [1.807, 2.05) is 10.7 Å². The lowest BCUT2D eigenvalue weighted by atomic mass is 10.1. The highest BCUT2D eigenvalue weighted by Gasteiger charge is 2.28. The first-order valence-corrected chi connectivity index (χ1v) is 9.14. The van der Waals surface area contributed by atoms with E-state index in [0.29, 0.717) is 17.0 Å². The van der Waals surface area contributed by atoms with Crippen LogP contribution in [0.2, 0.25) is 5.02 Å². The van der Waals surface area contributed by atoms with Crippen LogP contribution in [0.5, 0.6) is 0 Å². The molecule has 1 aromatic heterocycles. The highest BCUT2D eigenvalue weighted by Crippen LogP contribution is 2.38. The van der Waals surface area contributed by atoms with Gasteiger partial charge in [0.15, 0.2) is 0 Å². The standard InChI is InChI=1S/C18H21ClN4O2/c19-16-8-12(3-6-15(16)18(24)25)9-22-7-1-2-14(22)10-23-11-17(20-21-23)13-4-5-13/h3,6,8,11,13-14H,1-2,4-5,7,9-10H2,(H,24,25)/t14-/m0/s1. The maximum absolute atomic E-state index is 11.1. The Bertz CT molecular complexity index is 787. The van der Waals surface area contributed by atoms with Gasteiger partial charge >= 0.3 is 5.97 Å². The Kier molecular flexibility index (Phi) is 4.48. The first-order chi connectivity index (χ1) is 12.1. The summed E-state index contributed by atoms with van der Waals surface area (Å²) in [5, 5.41) is 17.9. The van der Waals surface area contributed by atoms with E-state index in [9.17, 15) is 4.79 Å². The van der Waals surface area contributed by atoms with Gasteiger partial charge in [-0.15, -0.1) is 5.10 Å². The van der Waals surface area contributed by atoms with Crippen molar-refractivity contribution in [3.63, 3.8) is 0 Å². The molecule has 6 nitrogen and oxygen atoms in total. The van der Waals surface area contributed by atoms with Gasteiger partial charge in [-0.25, -0.2) is 4.79 Å². The largest absolute Gasteiger partial charge is 0.478 e. The topological polar surface area (TPSA) is 71.2 Å². The summed E-state index contributed by atoms with van der Waals surface area (Å²) in [7, 11) is 0. The fourth-order valence-corrected chi connectivity index (χ4v) is 3.84.